The van der Waals surface area contributed by atoms with Crippen LogP contribution < -0.4 is 5.32 Å². The molecular weight excluding hydrogens is 350 g/mol. The average molecular weight is 375 g/mol. The summed E-state index contributed by atoms with van der Waals surface area (Å²) in [6.07, 6.45) is 0. The summed E-state index contributed by atoms with van der Waals surface area (Å²) >= 11 is 1.31. The number of hydrogen-bond acceptors (Lipinski definition) is 5. The topological polar surface area (TPSA) is 75.4 Å². The first kappa shape index (κ1) is 20.0. The Bertz CT molecular complexity index is 731. The van der Waals surface area contributed by atoms with Gasteiger partial charge in [0.25, 0.3) is 0 Å². The second-order valence-electron chi connectivity index (χ2n) is 6.37. The normalized spacial score (nSPS) is 12.0. The number of carbonyl (C=O) groups is 2. The number of anilines is 1. The summed E-state index contributed by atoms with van der Waals surface area (Å²) in [4.78, 5) is 26.6. The maximum atomic E-state index is 12.6. The molecule has 1 heterocycles. The van der Waals surface area contributed by atoms with Gasteiger partial charge in [-0.2, -0.15) is 0 Å². The zero-order valence-corrected chi connectivity index (χ0v) is 16.4. The van der Waals surface area contributed by atoms with E-state index in [1.807, 2.05) is 49.1 Å². The van der Waals surface area contributed by atoms with E-state index in [0.29, 0.717) is 18.1 Å². The predicted octanol–water partition coefficient (Wildman–Crippen LogP) is 3.48. The van der Waals surface area contributed by atoms with Crippen LogP contribution in [0, 0.1) is 6.92 Å². The molecule has 1 aromatic heterocycles. The molecule has 0 bridgehead atoms. The number of thioether (sulfide) groups is 1. The molecule has 7 heteroatoms. The van der Waals surface area contributed by atoms with Crippen molar-refractivity contribution < 1.29 is 14.1 Å². The fourth-order valence-electron chi connectivity index (χ4n) is 2.35. The highest BCUT2D eigenvalue weighted by Crippen LogP contribution is 2.17. The van der Waals surface area contributed by atoms with E-state index in [9.17, 15) is 9.59 Å². The Kier molecular flexibility index (Phi) is 7.26. The molecule has 0 fully saturated rings. The molecule has 6 nitrogen and oxygen atoms in total. The van der Waals surface area contributed by atoms with Crippen LogP contribution in [0.25, 0.3) is 0 Å². The van der Waals surface area contributed by atoms with Crippen molar-refractivity contribution in [1.82, 2.24) is 10.1 Å². The summed E-state index contributed by atoms with van der Waals surface area (Å²) in [5, 5.41) is 6.06. The molecule has 140 valence electrons. The first-order valence-electron chi connectivity index (χ1n) is 8.56. The van der Waals surface area contributed by atoms with Gasteiger partial charge < -0.3 is 14.7 Å². The molecule has 0 saturated carbocycles. The van der Waals surface area contributed by atoms with Crippen LogP contribution in [0.2, 0.25) is 0 Å². The quantitative estimate of drug-likeness (QED) is 0.764. The van der Waals surface area contributed by atoms with Gasteiger partial charge >= 0.3 is 0 Å². The summed E-state index contributed by atoms with van der Waals surface area (Å²) < 4.78 is 4.93. The molecule has 0 aliphatic carbocycles. The highest BCUT2D eigenvalue weighted by molar-refractivity contribution is 8.01. The zero-order valence-electron chi connectivity index (χ0n) is 15.6. The van der Waals surface area contributed by atoms with E-state index in [4.69, 9.17) is 4.52 Å². The molecule has 1 N–H and O–H groups in total. The highest BCUT2D eigenvalue weighted by Gasteiger charge is 2.21. The minimum absolute atomic E-state index is 0.0192. The van der Waals surface area contributed by atoms with Crippen LogP contribution in [0.5, 0.6) is 0 Å². The molecule has 0 aliphatic rings. The fraction of sp³-hybridized carbons (Fsp3) is 0.421. The van der Waals surface area contributed by atoms with Crippen molar-refractivity contribution >= 4 is 29.4 Å². The van der Waals surface area contributed by atoms with Crippen LogP contribution in [-0.2, 0) is 16.1 Å². The molecular formula is C19H25N3O3S. The molecule has 0 spiro atoms. The third kappa shape index (κ3) is 5.91. The van der Waals surface area contributed by atoms with E-state index in [1.165, 1.54) is 11.8 Å². The van der Waals surface area contributed by atoms with E-state index in [1.54, 1.807) is 19.9 Å². The Morgan fingerprint density at radius 2 is 1.92 bits per heavy atom. The molecule has 0 saturated heterocycles. The Balaban J connectivity index is 1.87. The number of nitrogens with one attached hydrogen (secondary N) is 1. The number of hydrogen-bond donors (Lipinski definition) is 1. The van der Waals surface area contributed by atoms with Gasteiger partial charge in [-0.25, -0.2) is 0 Å². The first-order valence-corrected chi connectivity index (χ1v) is 9.61. The van der Waals surface area contributed by atoms with Gasteiger partial charge in [-0.15, -0.1) is 11.8 Å². The fourth-order valence-corrected chi connectivity index (χ4v) is 3.12. The number of nitrogens with zero attached hydrogens (tertiary/aromatic N) is 2. The number of aryl methyl sites for hydroxylation is 1. The van der Waals surface area contributed by atoms with Gasteiger partial charge in [0.15, 0.2) is 5.82 Å². The van der Waals surface area contributed by atoms with Crippen LogP contribution in [0.4, 0.5) is 5.82 Å². The number of amides is 2. The molecule has 2 amide bonds. The summed E-state index contributed by atoms with van der Waals surface area (Å²) in [7, 11) is 0. The minimum atomic E-state index is -0.373. The molecule has 1 atom stereocenters. The van der Waals surface area contributed by atoms with Crippen LogP contribution in [0.15, 0.2) is 40.9 Å². The predicted molar refractivity (Wildman–Crippen MR) is 104 cm³/mol. The molecule has 1 aromatic carbocycles. The van der Waals surface area contributed by atoms with Gasteiger partial charge in [0, 0.05) is 18.7 Å². The standard InChI is InChI=1S/C19H25N3O3S/c1-13(2)22(11-16-8-6-5-7-9-16)18(23)12-26-15(4)19(24)20-17-10-14(3)25-21-17/h5-10,13,15H,11-12H2,1-4H3,(H,20,21,24). The van der Waals surface area contributed by atoms with Crippen molar-refractivity contribution in [2.45, 2.75) is 45.5 Å². The number of rotatable bonds is 8. The van der Waals surface area contributed by atoms with Gasteiger partial charge in [-0.05, 0) is 33.3 Å². The third-order valence-corrected chi connectivity index (χ3v) is 4.97. The van der Waals surface area contributed by atoms with E-state index in [0.717, 1.165) is 5.56 Å². The van der Waals surface area contributed by atoms with Crippen LogP contribution in [0.1, 0.15) is 32.1 Å². The Morgan fingerprint density at radius 1 is 1.23 bits per heavy atom. The molecule has 1 unspecified atom stereocenters. The van der Waals surface area contributed by atoms with Crippen molar-refractivity contribution in [1.29, 1.82) is 0 Å². The van der Waals surface area contributed by atoms with Crippen molar-refractivity contribution in [2.24, 2.45) is 0 Å². The van der Waals surface area contributed by atoms with Gasteiger partial charge in [-0.3, -0.25) is 9.59 Å². The van der Waals surface area contributed by atoms with Crippen LogP contribution >= 0.6 is 11.8 Å². The molecule has 26 heavy (non-hydrogen) atoms. The van der Waals surface area contributed by atoms with Gasteiger partial charge in [0.1, 0.15) is 5.76 Å². The highest BCUT2D eigenvalue weighted by atomic mass is 32.2. The SMILES string of the molecule is Cc1cc(NC(=O)C(C)SCC(=O)N(Cc2ccccc2)C(C)C)no1. The van der Waals surface area contributed by atoms with Gasteiger partial charge in [-0.1, -0.05) is 35.5 Å². The lowest BCUT2D eigenvalue weighted by molar-refractivity contribution is -0.130. The van der Waals surface area contributed by atoms with Crippen molar-refractivity contribution in [3.05, 3.63) is 47.7 Å². The number of carbonyl (C=O) groups excluding carboxylic acids is 2. The van der Waals surface area contributed by atoms with E-state index in [2.05, 4.69) is 10.5 Å². The molecule has 2 rings (SSSR count). The third-order valence-electron chi connectivity index (χ3n) is 3.84. The Hall–Kier alpha value is -2.28. The Labute approximate surface area is 158 Å². The minimum Gasteiger partial charge on any atom is -0.360 e. The van der Waals surface area contributed by atoms with Gasteiger partial charge in [0.2, 0.25) is 11.8 Å². The largest absolute Gasteiger partial charge is 0.360 e. The lowest BCUT2D eigenvalue weighted by atomic mass is 10.2. The lowest BCUT2D eigenvalue weighted by Gasteiger charge is -2.27. The van der Waals surface area contributed by atoms with Crippen molar-refractivity contribution in [3.63, 3.8) is 0 Å². The number of benzene rings is 1. The van der Waals surface area contributed by atoms with E-state index < -0.39 is 0 Å². The maximum absolute atomic E-state index is 12.6. The Morgan fingerprint density at radius 3 is 2.50 bits per heavy atom. The summed E-state index contributed by atoms with van der Waals surface area (Å²) in [5.41, 5.74) is 1.09. The van der Waals surface area contributed by atoms with Gasteiger partial charge in [0.05, 0.1) is 11.0 Å². The molecule has 0 aliphatic heterocycles. The smallest absolute Gasteiger partial charge is 0.238 e. The van der Waals surface area contributed by atoms with E-state index in [-0.39, 0.29) is 28.9 Å². The average Bonchev–Trinajstić information content (AvgIpc) is 3.02. The van der Waals surface area contributed by atoms with Crippen LogP contribution in [0.3, 0.4) is 0 Å². The second kappa shape index (κ2) is 9.43. The number of aromatic nitrogens is 1. The summed E-state index contributed by atoms with van der Waals surface area (Å²) in [6, 6.07) is 11.6. The van der Waals surface area contributed by atoms with E-state index >= 15 is 0 Å². The second-order valence-corrected chi connectivity index (χ2v) is 7.70. The summed E-state index contributed by atoms with van der Waals surface area (Å²) in [6.45, 7) is 8.09. The monoisotopic (exact) mass is 375 g/mol. The molecule has 0 radical (unpaired) electrons. The van der Waals surface area contributed by atoms with Crippen molar-refractivity contribution in [2.75, 3.05) is 11.1 Å². The van der Waals surface area contributed by atoms with Crippen molar-refractivity contribution in [3.8, 4) is 0 Å². The van der Waals surface area contributed by atoms with Crippen LogP contribution in [-0.4, -0.2) is 38.9 Å². The maximum Gasteiger partial charge on any atom is 0.238 e. The summed E-state index contributed by atoms with van der Waals surface area (Å²) in [5.74, 6) is 1.08. The lowest BCUT2D eigenvalue weighted by Crippen LogP contribution is -2.38. The zero-order chi connectivity index (χ0) is 19.1. The first-order chi connectivity index (χ1) is 12.4. The molecule has 2 aromatic rings.